The van der Waals surface area contributed by atoms with E-state index in [1.807, 2.05) is 6.07 Å². The number of rotatable bonds is 3. The monoisotopic (exact) mass is 280 g/mol. The van der Waals surface area contributed by atoms with Gasteiger partial charge in [-0.25, -0.2) is 0 Å². The molecule has 1 aliphatic heterocycles. The molecule has 1 aromatic carbocycles. The van der Waals surface area contributed by atoms with E-state index in [-0.39, 0.29) is 18.0 Å². The number of carbonyl (C=O) groups excluding carboxylic acids is 2. The Morgan fingerprint density at radius 3 is 2.79 bits per heavy atom. The van der Waals surface area contributed by atoms with Crippen LogP contribution in [0.3, 0.4) is 0 Å². The molecule has 0 amide bonds. The first-order valence-electron chi connectivity index (χ1n) is 5.73. The highest BCUT2D eigenvalue weighted by atomic mass is 35.5. The molecule has 0 aromatic heterocycles. The average Bonchev–Trinajstić information content (AvgIpc) is 2.83. The van der Waals surface area contributed by atoms with E-state index < -0.39 is 11.9 Å². The van der Waals surface area contributed by atoms with Gasteiger partial charge in [0.2, 0.25) is 0 Å². The molecule has 0 radical (unpaired) electrons. The summed E-state index contributed by atoms with van der Waals surface area (Å²) in [6.45, 7) is 1.66. The maximum Gasteiger partial charge on any atom is 0.316 e. The lowest BCUT2D eigenvalue weighted by molar-refractivity contribution is -0.142. The second-order valence-electron chi connectivity index (χ2n) is 4.18. The number of Topliss-reactive ketones (excluding diaryl/α,β-unsaturated/α-hetero) is 1. The predicted molar refractivity (Wildman–Crippen MR) is 72.4 cm³/mol. The standard InChI is InChI=1S/C13H13ClN2O3/c1-8(17)12-11(13(18)19-2)7-16(15-12)10-5-3-4-9(14)6-10/h3-6,11H,7H2,1-2H3. The van der Waals surface area contributed by atoms with Gasteiger partial charge in [-0.3, -0.25) is 14.6 Å². The van der Waals surface area contributed by atoms with E-state index in [4.69, 9.17) is 16.3 Å². The van der Waals surface area contributed by atoms with Crippen LogP contribution in [-0.4, -0.2) is 31.1 Å². The Morgan fingerprint density at radius 1 is 1.47 bits per heavy atom. The molecule has 0 saturated carbocycles. The molecule has 0 bridgehead atoms. The number of hydrazone groups is 1. The zero-order valence-corrected chi connectivity index (χ0v) is 11.3. The Morgan fingerprint density at radius 2 is 2.21 bits per heavy atom. The minimum atomic E-state index is -0.651. The smallest absolute Gasteiger partial charge is 0.316 e. The first kappa shape index (κ1) is 13.5. The first-order chi connectivity index (χ1) is 9.02. The van der Waals surface area contributed by atoms with E-state index >= 15 is 0 Å². The van der Waals surface area contributed by atoms with Crippen molar-refractivity contribution in [2.24, 2.45) is 11.0 Å². The van der Waals surface area contributed by atoms with E-state index in [0.717, 1.165) is 5.69 Å². The average molecular weight is 281 g/mol. The van der Waals surface area contributed by atoms with E-state index in [0.29, 0.717) is 5.02 Å². The van der Waals surface area contributed by atoms with Gasteiger partial charge in [-0.2, -0.15) is 5.10 Å². The van der Waals surface area contributed by atoms with Gasteiger partial charge in [-0.05, 0) is 18.2 Å². The molecule has 0 spiro atoms. The number of ketones is 1. The van der Waals surface area contributed by atoms with Crippen molar-refractivity contribution >= 4 is 34.8 Å². The van der Waals surface area contributed by atoms with Gasteiger partial charge >= 0.3 is 5.97 Å². The summed E-state index contributed by atoms with van der Waals surface area (Å²) in [5.74, 6) is -1.35. The molecule has 0 fully saturated rings. The molecule has 6 heteroatoms. The van der Waals surface area contributed by atoms with Crippen LogP contribution in [0.2, 0.25) is 5.02 Å². The molecule has 100 valence electrons. The van der Waals surface area contributed by atoms with Crippen molar-refractivity contribution in [3.8, 4) is 0 Å². The molecule has 19 heavy (non-hydrogen) atoms. The zero-order valence-electron chi connectivity index (χ0n) is 10.6. The fourth-order valence-electron chi connectivity index (χ4n) is 1.94. The van der Waals surface area contributed by atoms with Crippen LogP contribution in [0.5, 0.6) is 0 Å². The summed E-state index contributed by atoms with van der Waals surface area (Å²) >= 11 is 5.91. The SMILES string of the molecule is COC(=O)C1CN(c2cccc(Cl)c2)N=C1C(C)=O. The summed E-state index contributed by atoms with van der Waals surface area (Å²) in [6.07, 6.45) is 0. The molecule has 1 aromatic rings. The molecule has 1 atom stereocenters. The Bertz CT molecular complexity index is 557. The third-order valence-electron chi connectivity index (χ3n) is 2.87. The molecular formula is C13H13ClN2O3. The maximum atomic E-state index is 11.7. The number of nitrogens with zero attached hydrogens (tertiary/aromatic N) is 2. The van der Waals surface area contributed by atoms with Gasteiger partial charge in [-0.15, -0.1) is 0 Å². The van der Waals surface area contributed by atoms with Gasteiger partial charge in [0, 0.05) is 11.9 Å². The zero-order chi connectivity index (χ0) is 14.0. The molecule has 2 rings (SSSR count). The van der Waals surface area contributed by atoms with Gasteiger partial charge in [0.15, 0.2) is 5.78 Å². The second kappa shape index (κ2) is 5.40. The number of carbonyl (C=O) groups is 2. The maximum absolute atomic E-state index is 11.7. The summed E-state index contributed by atoms with van der Waals surface area (Å²) in [5, 5.41) is 6.35. The van der Waals surface area contributed by atoms with Crippen molar-refractivity contribution in [3.05, 3.63) is 29.3 Å². The first-order valence-corrected chi connectivity index (χ1v) is 6.11. The normalized spacial score (nSPS) is 18.2. The van der Waals surface area contributed by atoms with E-state index in [1.165, 1.54) is 14.0 Å². The molecule has 1 unspecified atom stereocenters. The number of methoxy groups -OCH3 is 1. The highest BCUT2D eigenvalue weighted by Gasteiger charge is 2.36. The summed E-state index contributed by atoms with van der Waals surface area (Å²) in [6, 6.07) is 7.07. The molecule has 1 heterocycles. The lowest BCUT2D eigenvalue weighted by Gasteiger charge is -2.15. The number of anilines is 1. The van der Waals surface area contributed by atoms with Crippen molar-refractivity contribution in [3.63, 3.8) is 0 Å². The summed E-state index contributed by atoms with van der Waals surface area (Å²) < 4.78 is 4.70. The van der Waals surface area contributed by atoms with Gasteiger partial charge in [0.25, 0.3) is 0 Å². The van der Waals surface area contributed by atoms with Gasteiger partial charge < -0.3 is 4.74 Å². The van der Waals surface area contributed by atoms with Crippen LogP contribution < -0.4 is 5.01 Å². The van der Waals surface area contributed by atoms with Crippen molar-refractivity contribution in [1.82, 2.24) is 0 Å². The third-order valence-corrected chi connectivity index (χ3v) is 3.10. The Labute approximate surface area is 115 Å². The van der Waals surface area contributed by atoms with E-state index in [1.54, 1.807) is 23.2 Å². The highest BCUT2D eigenvalue weighted by Crippen LogP contribution is 2.25. The van der Waals surface area contributed by atoms with Gasteiger partial charge in [0.05, 0.1) is 19.3 Å². The number of halogens is 1. The third kappa shape index (κ3) is 2.76. The van der Waals surface area contributed by atoms with Gasteiger partial charge in [0.1, 0.15) is 11.6 Å². The van der Waals surface area contributed by atoms with Crippen LogP contribution in [0, 0.1) is 5.92 Å². The minimum absolute atomic E-state index is 0.215. The van der Waals surface area contributed by atoms with Crippen molar-refractivity contribution < 1.29 is 14.3 Å². The van der Waals surface area contributed by atoms with Crippen LogP contribution in [0.25, 0.3) is 0 Å². The quantitative estimate of drug-likeness (QED) is 0.794. The summed E-state index contributed by atoms with van der Waals surface area (Å²) in [7, 11) is 1.29. The van der Waals surface area contributed by atoms with E-state index in [9.17, 15) is 9.59 Å². The topological polar surface area (TPSA) is 59.0 Å². The molecule has 5 nitrogen and oxygen atoms in total. The van der Waals surface area contributed by atoms with Crippen LogP contribution in [0.15, 0.2) is 29.4 Å². The Kier molecular flexibility index (Phi) is 3.85. The summed E-state index contributed by atoms with van der Waals surface area (Å²) in [5.41, 5.74) is 0.949. The fraction of sp³-hybridized carbons (Fsp3) is 0.308. The number of benzene rings is 1. The fourth-order valence-corrected chi connectivity index (χ4v) is 2.13. The Hall–Kier alpha value is -1.88. The predicted octanol–water partition coefficient (Wildman–Crippen LogP) is 1.89. The van der Waals surface area contributed by atoms with Crippen LogP contribution in [0.4, 0.5) is 5.69 Å². The minimum Gasteiger partial charge on any atom is -0.468 e. The molecule has 1 aliphatic rings. The van der Waals surface area contributed by atoms with Crippen LogP contribution in [-0.2, 0) is 14.3 Å². The number of ether oxygens (including phenoxy) is 1. The van der Waals surface area contributed by atoms with E-state index in [2.05, 4.69) is 5.10 Å². The number of esters is 1. The molecular weight excluding hydrogens is 268 g/mol. The Balaban J connectivity index is 2.31. The molecule has 0 N–H and O–H groups in total. The highest BCUT2D eigenvalue weighted by molar-refractivity contribution is 6.43. The van der Waals surface area contributed by atoms with Crippen LogP contribution in [0.1, 0.15) is 6.92 Å². The number of hydrogen-bond donors (Lipinski definition) is 0. The molecule has 0 saturated heterocycles. The largest absolute Gasteiger partial charge is 0.468 e. The lowest BCUT2D eigenvalue weighted by Crippen LogP contribution is -2.30. The van der Waals surface area contributed by atoms with Crippen molar-refractivity contribution in [1.29, 1.82) is 0 Å². The lowest BCUT2D eigenvalue weighted by atomic mass is 10.0. The number of hydrogen-bond acceptors (Lipinski definition) is 5. The summed E-state index contributed by atoms with van der Waals surface area (Å²) in [4.78, 5) is 23.2. The second-order valence-corrected chi connectivity index (χ2v) is 4.62. The van der Waals surface area contributed by atoms with Gasteiger partial charge in [-0.1, -0.05) is 17.7 Å². The van der Waals surface area contributed by atoms with Crippen molar-refractivity contribution in [2.45, 2.75) is 6.92 Å². The van der Waals surface area contributed by atoms with Crippen molar-refractivity contribution in [2.75, 3.05) is 18.7 Å². The van der Waals surface area contributed by atoms with Crippen LogP contribution >= 0.6 is 11.6 Å². The molecule has 0 aliphatic carbocycles.